The molecule has 10 atom stereocenters. The summed E-state index contributed by atoms with van der Waals surface area (Å²) in [6, 6.07) is 23.4. The summed E-state index contributed by atoms with van der Waals surface area (Å²) in [6.07, 6.45) is -7.24. The smallest absolute Gasteiger partial charge is 0.317 e. The summed E-state index contributed by atoms with van der Waals surface area (Å²) in [5.41, 5.74) is 6.97. The van der Waals surface area contributed by atoms with E-state index in [0.29, 0.717) is 41.5 Å². The van der Waals surface area contributed by atoms with E-state index >= 15 is 0 Å². The second kappa shape index (κ2) is 15.0. The molecule has 0 amide bonds. The van der Waals surface area contributed by atoms with E-state index in [1.165, 1.54) is 12.3 Å². The summed E-state index contributed by atoms with van der Waals surface area (Å²) in [5, 5.41) is 50.1. The molecule has 6 aliphatic rings. The van der Waals surface area contributed by atoms with E-state index in [9.17, 15) is 30.0 Å². The minimum atomic E-state index is -2.23. The van der Waals surface area contributed by atoms with E-state index < -0.39 is 72.5 Å². The number of carbonyl (C=O) groups excluding carboxylic acids is 1. The highest BCUT2D eigenvalue weighted by atomic mass is 16.7. The van der Waals surface area contributed by atoms with Crippen molar-refractivity contribution >= 4 is 17.5 Å². The minimum absolute atomic E-state index is 0.125. The Morgan fingerprint density at radius 1 is 0.968 bits per heavy atom. The summed E-state index contributed by atoms with van der Waals surface area (Å²) in [4.78, 5) is 29.1. The van der Waals surface area contributed by atoms with Gasteiger partial charge in [0.1, 0.15) is 48.5 Å². The highest BCUT2D eigenvalue weighted by Gasteiger charge is 2.67. The molecule has 1 spiro atoms. The molecule has 1 saturated heterocycles. The maximum Gasteiger partial charge on any atom is 0.317 e. The van der Waals surface area contributed by atoms with Crippen molar-refractivity contribution in [3.63, 3.8) is 0 Å². The number of aliphatic hydroxyl groups excluding tert-OH is 2. The van der Waals surface area contributed by atoms with Crippen LogP contribution >= 0.6 is 0 Å². The van der Waals surface area contributed by atoms with Crippen LogP contribution in [0.4, 0.5) is 0 Å². The predicted octanol–water partition coefficient (Wildman–Crippen LogP) is 1.42. The lowest BCUT2D eigenvalue weighted by Crippen LogP contribution is -2.77. The molecule has 0 radical (unpaired) electrons. The average molecular weight is 848 g/mol. The number of carboxylic acid groups (broad SMARTS) is 1. The Bertz CT molecular complexity index is 2640. The van der Waals surface area contributed by atoms with Crippen molar-refractivity contribution in [3.8, 4) is 28.7 Å². The molecule has 322 valence electrons. The second-order valence-corrected chi connectivity index (χ2v) is 16.4. The molecule has 0 aromatic heterocycles. The van der Waals surface area contributed by atoms with Crippen LogP contribution < -0.4 is 45.3 Å². The zero-order chi connectivity index (χ0) is 43.1. The highest BCUT2D eigenvalue weighted by molar-refractivity contribution is 5.90. The Morgan fingerprint density at radius 2 is 1.76 bits per heavy atom. The van der Waals surface area contributed by atoms with Gasteiger partial charge in [0.2, 0.25) is 12.0 Å². The Hall–Kier alpha value is -6.17. The number of carboxylic acids is 1. The quantitative estimate of drug-likeness (QED) is 0.109. The number of nitrogens with zero attached hydrogens (tertiary/aromatic N) is 1. The molecule has 62 heavy (non-hydrogen) atoms. The van der Waals surface area contributed by atoms with Crippen molar-refractivity contribution < 1.29 is 63.2 Å². The SMILES string of the molecule is COc1ccc2c(c1OC)OC1c3c(cc4c(c3C3=c5ccccc5=NC3)CCC3(O)C(O4)OC4(C=CNC(N)C4OC(=O)CC(=O)O)C(O)C3O)OC(Cc3ccccc3)C21. The van der Waals surface area contributed by atoms with Gasteiger partial charge in [-0.05, 0) is 54.0 Å². The summed E-state index contributed by atoms with van der Waals surface area (Å²) in [6.45, 7) is 0.310. The molecule has 7 N–H and O–H groups in total. The van der Waals surface area contributed by atoms with E-state index in [1.807, 2.05) is 66.7 Å². The first-order chi connectivity index (χ1) is 29.9. The van der Waals surface area contributed by atoms with Crippen molar-refractivity contribution in [1.29, 1.82) is 0 Å². The maximum absolute atomic E-state index is 12.8. The molecule has 0 saturated carbocycles. The molecule has 6 heterocycles. The third-order valence-electron chi connectivity index (χ3n) is 13.0. The van der Waals surface area contributed by atoms with Crippen molar-refractivity contribution in [3.05, 3.63) is 123 Å². The van der Waals surface area contributed by atoms with Crippen LogP contribution in [0.1, 0.15) is 52.7 Å². The van der Waals surface area contributed by atoms with Gasteiger partial charge in [-0.1, -0.05) is 54.6 Å². The third-order valence-corrected chi connectivity index (χ3v) is 13.0. The van der Waals surface area contributed by atoms with Crippen LogP contribution in [0.15, 0.2) is 90.1 Å². The number of aliphatic carboxylic acids is 1. The second-order valence-electron chi connectivity index (χ2n) is 16.4. The van der Waals surface area contributed by atoms with Crippen molar-refractivity contribution in [2.24, 2.45) is 10.7 Å². The lowest BCUT2D eigenvalue weighted by atomic mass is 9.73. The number of hydrogen-bond acceptors (Lipinski definition) is 15. The number of aliphatic hydroxyl groups is 3. The number of benzene rings is 4. The van der Waals surface area contributed by atoms with Gasteiger partial charge in [0, 0.05) is 34.4 Å². The summed E-state index contributed by atoms with van der Waals surface area (Å²) < 4.78 is 44.6. The Morgan fingerprint density at radius 3 is 2.53 bits per heavy atom. The van der Waals surface area contributed by atoms with Gasteiger partial charge in [0.05, 0.1) is 32.0 Å². The monoisotopic (exact) mass is 847 g/mol. The first-order valence-corrected chi connectivity index (χ1v) is 20.4. The number of fused-ring (bicyclic) bond motifs is 8. The number of ether oxygens (including phenoxy) is 7. The van der Waals surface area contributed by atoms with E-state index in [2.05, 4.69) is 5.32 Å². The van der Waals surface area contributed by atoms with Gasteiger partial charge < -0.3 is 64.6 Å². The fourth-order valence-corrected chi connectivity index (χ4v) is 10.1. The number of rotatable bonds is 8. The lowest BCUT2D eigenvalue weighted by Gasteiger charge is -2.55. The normalized spacial score (nSPS) is 30.8. The number of esters is 1. The van der Waals surface area contributed by atoms with Gasteiger partial charge >= 0.3 is 11.9 Å². The fraction of sp³-hybridized carbons (Fsp3) is 0.370. The van der Waals surface area contributed by atoms with Crippen LogP contribution in [-0.4, -0.2) is 101 Å². The van der Waals surface area contributed by atoms with Crippen LogP contribution in [0, 0.1) is 0 Å². The first-order valence-electron chi connectivity index (χ1n) is 20.4. The van der Waals surface area contributed by atoms with Crippen molar-refractivity contribution in [1.82, 2.24) is 5.32 Å². The van der Waals surface area contributed by atoms with Gasteiger partial charge in [-0.2, -0.15) is 0 Å². The fourth-order valence-electron chi connectivity index (χ4n) is 10.1. The van der Waals surface area contributed by atoms with Gasteiger partial charge in [-0.3, -0.25) is 14.6 Å². The first kappa shape index (κ1) is 39.9. The standard InChI is InChI=1S/C46H45N3O13/c1-56-28-13-12-25-35-30(18-22-8-4-3-5-9-22)58-31-19-29-24(34(26-21-49-27-11-7-6-10-23(26)27)36(31)39(35)61-37(25)38(28)57-2)14-15-45(55)40(53)41(54)46(62-44(45)59-29)16-17-48-43(47)42(46)60-33(52)20-32(50)51/h3-13,16-17,19,30,35,39-44,48,53-55H,14-15,18,20-21,47H2,1-2H3,(H,50,51). The maximum atomic E-state index is 12.8. The molecule has 10 rings (SSSR count). The van der Waals surface area contributed by atoms with Crippen LogP contribution in [0.5, 0.6) is 28.7 Å². The highest BCUT2D eigenvalue weighted by Crippen LogP contribution is 2.61. The van der Waals surface area contributed by atoms with Gasteiger partial charge in [-0.15, -0.1) is 0 Å². The number of nitrogens with two attached hydrogens (primary N) is 1. The number of carbonyl (C=O) groups is 2. The number of methoxy groups -OCH3 is 2. The molecular formula is C46H45N3O13. The van der Waals surface area contributed by atoms with Gasteiger partial charge in [0.15, 0.2) is 28.8 Å². The van der Waals surface area contributed by atoms with Crippen LogP contribution in [0.3, 0.4) is 0 Å². The van der Waals surface area contributed by atoms with E-state index in [1.54, 1.807) is 20.3 Å². The zero-order valence-corrected chi connectivity index (χ0v) is 33.7. The molecule has 1 fully saturated rings. The number of para-hydroxylation sites is 1. The average Bonchev–Trinajstić information content (AvgIpc) is 3.84. The van der Waals surface area contributed by atoms with Gasteiger partial charge in [0.25, 0.3) is 0 Å². The molecule has 16 nitrogen and oxygen atoms in total. The Labute approximate surface area is 354 Å². The molecule has 4 aromatic rings. The molecule has 0 bridgehead atoms. The topological polar surface area (TPSA) is 230 Å². The predicted molar refractivity (Wildman–Crippen MR) is 217 cm³/mol. The lowest BCUT2D eigenvalue weighted by molar-refractivity contribution is -0.354. The van der Waals surface area contributed by atoms with Crippen LogP contribution in [-0.2, 0) is 31.9 Å². The molecule has 16 heteroatoms. The number of nitrogens with one attached hydrogen (secondary N) is 1. The molecule has 0 aliphatic carbocycles. The van der Waals surface area contributed by atoms with E-state index in [4.69, 9.17) is 43.9 Å². The largest absolute Gasteiger partial charge is 0.493 e. The van der Waals surface area contributed by atoms with Crippen LogP contribution in [0.2, 0.25) is 0 Å². The molecule has 4 aromatic carbocycles. The number of hydrogen-bond donors (Lipinski definition) is 6. The third kappa shape index (κ3) is 6.11. The van der Waals surface area contributed by atoms with E-state index in [-0.39, 0.29) is 24.5 Å². The Kier molecular flexibility index (Phi) is 9.68. The van der Waals surface area contributed by atoms with Crippen molar-refractivity contribution in [2.75, 3.05) is 20.8 Å². The van der Waals surface area contributed by atoms with E-state index in [0.717, 1.165) is 38.4 Å². The summed E-state index contributed by atoms with van der Waals surface area (Å²) in [5.74, 6) is -0.692. The Balaban J connectivity index is 1.15. The van der Waals surface area contributed by atoms with Gasteiger partial charge in [-0.25, -0.2) is 0 Å². The minimum Gasteiger partial charge on any atom is -0.493 e. The van der Waals surface area contributed by atoms with Crippen LogP contribution in [0.25, 0.3) is 5.57 Å². The zero-order valence-electron chi connectivity index (χ0n) is 33.7. The molecule has 6 aliphatic heterocycles. The van der Waals surface area contributed by atoms with Crippen molar-refractivity contribution in [2.45, 2.75) is 85.8 Å². The summed E-state index contributed by atoms with van der Waals surface area (Å²) >= 11 is 0. The summed E-state index contributed by atoms with van der Waals surface area (Å²) in [7, 11) is 3.14. The molecule has 10 unspecified atom stereocenters. The molecular weight excluding hydrogens is 803 g/mol.